The predicted molar refractivity (Wildman–Crippen MR) is 59.1 cm³/mol. The third kappa shape index (κ3) is 2.39. The van der Waals surface area contributed by atoms with Crippen LogP contribution in [0.2, 0.25) is 5.15 Å². The zero-order valence-electron chi connectivity index (χ0n) is 8.40. The molecule has 0 spiro atoms. The average Bonchev–Trinajstić information content (AvgIpc) is 2.16. The van der Waals surface area contributed by atoms with Gasteiger partial charge in [0.15, 0.2) is 0 Å². The van der Waals surface area contributed by atoms with Crippen LogP contribution in [0, 0.1) is 0 Å². The third-order valence-electron chi connectivity index (χ3n) is 2.26. The number of nitrogens with one attached hydrogen (secondary N) is 1. The number of aromatic nitrogens is 1. The van der Waals surface area contributed by atoms with E-state index in [1.54, 1.807) is 6.07 Å². The lowest BCUT2D eigenvalue weighted by Gasteiger charge is -2.31. The SMILES string of the molecule is CC1CN(c2cccc(Cl)n2)CC(=O)N1. The van der Waals surface area contributed by atoms with E-state index in [1.165, 1.54) is 0 Å². The number of rotatable bonds is 1. The predicted octanol–water partition coefficient (Wildman–Crippen LogP) is 1.06. The minimum absolute atomic E-state index is 0.0236. The van der Waals surface area contributed by atoms with Crippen LogP contribution in [0.25, 0.3) is 0 Å². The first kappa shape index (κ1) is 10.2. The molecule has 0 aliphatic carbocycles. The molecule has 4 nitrogen and oxygen atoms in total. The average molecular weight is 226 g/mol. The summed E-state index contributed by atoms with van der Waals surface area (Å²) >= 11 is 5.80. The summed E-state index contributed by atoms with van der Waals surface area (Å²) in [6.07, 6.45) is 0. The zero-order chi connectivity index (χ0) is 10.8. The molecule has 1 N–H and O–H groups in total. The number of hydrogen-bond acceptors (Lipinski definition) is 3. The summed E-state index contributed by atoms with van der Waals surface area (Å²) in [6.45, 7) is 3.07. The van der Waals surface area contributed by atoms with Gasteiger partial charge in [-0.3, -0.25) is 4.79 Å². The molecule has 1 aromatic rings. The van der Waals surface area contributed by atoms with Gasteiger partial charge in [-0.25, -0.2) is 4.98 Å². The number of carbonyl (C=O) groups is 1. The largest absolute Gasteiger partial charge is 0.350 e. The van der Waals surface area contributed by atoms with Crippen LogP contribution in [-0.2, 0) is 4.79 Å². The van der Waals surface area contributed by atoms with Crippen molar-refractivity contribution in [2.24, 2.45) is 0 Å². The van der Waals surface area contributed by atoms with Gasteiger partial charge in [-0.1, -0.05) is 17.7 Å². The van der Waals surface area contributed by atoms with E-state index in [2.05, 4.69) is 10.3 Å². The van der Waals surface area contributed by atoms with E-state index in [4.69, 9.17) is 11.6 Å². The smallest absolute Gasteiger partial charge is 0.239 e. The monoisotopic (exact) mass is 225 g/mol. The lowest BCUT2D eigenvalue weighted by atomic mass is 10.2. The number of pyridine rings is 1. The van der Waals surface area contributed by atoms with E-state index in [0.29, 0.717) is 11.7 Å². The van der Waals surface area contributed by atoms with Crippen LogP contribution in [0.4, 0.5) is 5.82 Å². The van der Waals surface area contributed by atoms with E-state index in [-0.39, 0.29) is 11.9 Å². The van der Waals surface area contributed by atoms with Crippen molar-refractivity contribution < 1.29 is 4.79 Å². The van der Waals surface area contributed by atoms with Crippen LogP contribution < -0.4 is 10.2 Å². The molecule has 1 aromatic heterocycles. The Bertz CT molecular complexity index is 383. The first-order valence-electron chi connectivity index (χ1n) is 4.82. The molecule has 1 fully saturated rings. The van der Waals surface area contributed by atoms with Gasteiger partial charge in [-0.2, -0.15) is 0 Å². The molecule has 0 aromatic carbocycles. The molecule has 1 aliphatic heterocycles. The first-order valence-corrected chi connectivity index (χ1v) is 5.20. The number of piperazine rings is 1. The Labute approximate surface area is 93.2 Å². The number of carbonyl (C=O) groups excluding carboxylic acids is 1. The summed E-state index contributed by atoms with van der Waals surface area (Å²) in [5.41, 5.74) is 0. The Morgan fingerprint density at radius 2 is 2.40 bits per heavy atom. The molecule has 1 amide bonds. The lowest BCUT2D eigenvalue weighted by molar-refractivity contribution is -0.121. The fraction of sp³-hybridized carbons (Fsp3) is 0.400. The molecule has 80 valence electrons. The molecular weight excluding hydrogens is 214 g/mol. The van der Waals surface area contributed by atoms with Crippen molar-refractivity contribution in [1.82, 2.24) is 10.3 Å². The molecule has 0 saturated carbocycles. The fourth-order valence-corrected chi connectivity index (χ4v) is 1.84. The van der Waals surface area contributed by atoms with Gasteiger partial charge in [0.25, 0.3) is 0 Å². The van der Waals surface area contributed by atoms with Crippen molar-refractivity contribution in [3.63, 3.8) is 0 Å². The van der Waals surface area contributed by atoms with Crippen molar-refractivity contribution >= 4 is 23.3 Å². The molecule has 0 radical (unpaired) electrons. The molecule has 1 unspecified atom stereocenters. The maximum absolute atomic E-state index is 11.3. The third-order valence-corrected chi connectivity index (χ3v) is 2.47. The molecule has 1 atom stereocenters. The summed E-state index contributed by atoms with van der Waals surface area (Å²) < 4.78 is 0. The number of nitrogens with zero attached hydrogens (tertiary/aromatic N) is 2. The normalized spacial score (nSPS) is 21.3. The van der Waals surface area contributed by atoms with E-state index >= 15 is 0 Å². The van der Waals surface area contributed by atoms with Gasteiger partial charge in [-0.05, 0) is 19.1 Å². The fourth-order valence-electron chi connectivity index (χ4n) is 1.68. The molecule has 1 aliphatic rings. The summed E-state index contributed by atoms with van der Waals surface area (Å²) in [6, 6.07) is 5.56. The van der Waals surface area contributed by atoms with Gasteiger partial charge in [-0.15, -0.1) is 0 Å². The van der Waals surface area contributed by atoms with Crippen LogP contribution in [0.1, 0.15) is 6.92 Å². The maximum Gasteiger partial charge on any atom is 0.239 e. The highest BCUT2D eigenvalue weighted by atomic mass is 35.5. The molecular formula is C10H12ClN3O. The Balaban J connectivity index is 2.19. The number of amides is 1. The van der Waals surface area contributed by atoms with Crippen molar-refractivity contribution in [2.75, 3.05) is 18.0 Å². The van der Waals surface area contributed by atoms with Gasteiger partial charge in [0.05, 0.1) is 6.54 Å². The Morgan fingerprint density at radius 3 is 3.07 bits per heavy atom. The van der Waals surface area contributed by atoms with E-state index in [9.17, 15) is 4.79 Å². The second-order valence-electron chi connectivity index (χ2n) is 3.67. The minimum atomic E-state index is 0.0236. The van der Waals surface area contributed by atoms with Crippen LogP contribution >= 0.6 is 11.6 Å². The Morgan fingerprint density at radius 1 is 1.60 bits per heavy atom. The first-order chi connectivity index (χ1) is 7.15. The highest BCUT2D eigenvalue weighted by Crippen LogP contribution is 2.15. The number of halogens is 1. The molecule has 2 heterocycles. The minimum Gasteiger partial charge on any atom is -0.350 e. The van der Waals surface area contributed by atoms with Crippen molar-refractivity contribution in [3.05, 3.63) is 23.4 Å². The second-order valence-corrected chi connectivity index (χ2v) is 4.05. The van der Waals surface area contributed by atoms with E-state index < -0.39 is 0 Å². The quantitative estimate of drug-likeness (QED) is 0.727. The summed E-state index contributed by atoms with van der Waals surface area (Å²) in [5.74, 6) is 0.778. The zero-order valence-corrected chi connectivity index (χ0v) is 9.16. The van der Waals surface area contributed by atoms with Crippen molar-refractivity contribution in [2.45, 2.75) is 13.0 Å². The van der Waals surface area contributed by atoms with Gasteiger partial charge in [0.2, 0.25) is 5.91 Å². The van der Waals surface area contributed by atoms with Crippen LogP contribution in [0.3, 0.4) is 0 Å². The summed E-state index contributed by atoms with van der Waals surface area (Å²) in [5, 5.41) is 3.30. The van der Waals surface area contributed by atoms with Gasteiger partial charge in [0, 0.05) is 12.6 Å². The van der Waals surface area contributed by atoms with Crippen molar-refractivity contribution in [3.8, 4) is 0 Å². The highest BCUT2D eigenvalue weighted by molar-refractivity contribution is 6.29. The van der Waals surface area contributed by atoms with Crippen LogP contribution in [0.5, 0.6) is 0 Å². The lowest BCUT2D eigenvalue weighted by Crippen LogP contribution is -2.53. The Kier molecular flexibility index (Phi) is 2.77. The molecule has 2 rings (SSSR count). The summed E-state index contributed by atoms with van der Waals surface area (Å²) in [4.78, 5) is 17.4. The van der Waals surface area contributed by atoms with Gasteiger partial charge in [0.1, 0.15) is 11.0 Å². The highest BCUT2D eigenvalue weighted by Gasteiger charge is 2.22. The van der Waals surface area contributed by atoms with Gasteiger partial charge >= 0.3 is 0 Å². The van der Waals surface area contributed by atoms with Crippen molar-refractivity contribution in [1.29, 1.82) is 0 Å². The topological polar surface area (TPSA) is 45.2 Å². The second kappa shape index (κ2) is 4.06. The van der Waals surface area contributed by atoms with E-state index in [0.717, 1.165) is 12.4 Å². The Hall–Kier alpha value is -1.29. The summed E-state index contributed by atoms with van der Waals surface area (Å²) in [7, 11) is 0. The maximum atomic E-state index is 11.3. The molecule has 5 heteroatoms. The van der Waals surface area contributed by atoms with Crippen LogP contribution in [0.15, 0.2) is 18.2 Å². The standard InChI is InChI=1S/C10H12ClN3O/c1-7-5-14(6-10(15)12-7)9-4-2-3-8(11)13-9/h2-4,7H,5-6H2,1H3,(H,12,15). The van der Waals surface area contributed by atoms with Crippen LogP contribution in [-0.4, -0.2) is 30.0 Å². The number of anilines is 1. The molecule has 1 saturated heterocycles. The van der Waals surface area contributed by atoms with Gasteiger partial charge < -0.3 is 10.2 Å². The molecule has 0 bridgehead atoms. The van der Waals surface area contributed by atoms with E-state index in [1.807, 2.05) is 24.0 Å². The number of hydrogen-bond donors (Lipinski definition) is 1. The molecule has 15 heavy (non-hydrogen) atoms.